The molecule has 0 aromatic carbocycles. The van der Waals surface area contributed by atoms with Crippen molar-refractivity contribution in [3.05, 3.63) is 11.1 Å². The van der Waals surface area contributed by atoms with Gasteiger partial charge in [-0.25, -0.2) is 4.98 Å². The van der Waals surface area contributed by atoms with Crippen LogP contribution in [0.25, 0.3) is 0 Å². The van der Waals surface area contributed by atoms with Crippen molar-refractivity contribution < 1.29 is 19.2 Å². The largest absolute Gasteiger partial charge is 0.363 e. The molecule has 38 heavy (non-hydrogen) atoms. The average Bonchev–Trinajstić information content (AvgIpc) is 3.17. The number of aryl methyl sites for hydroxylation is 1. The minimum absolute atomic E-state index is 0.0188. The van der Waals surface area contributed by atoms with E-state index in [2.05, 4.69) is 29.5 Å². The zero-order valence-corrected chi connectivity index (χ0v) is 24.4. The Labute approximate surface area is 229 Å². The summed E-state index contributed by atoms with van der Waals surface area (Å²) in [5.41, 5.74) is 5.72. The number of nitrogens with zero attached hydrogens (tertiary/aromatic N) is 2. The van der Waals surface area contributed by atoms with E-state index in [-0.39, 0.29) is 22.6 Å². The first kappa shape index (κ1) is 28.5. The van der Waals surface area contributed by atoms with Gasteiger partial charge >= 0.3 is 0 Å². The number of Topliss-reactive ketones (excluding diaryl/α,β-unsaturated/α-hetero) is 1. The van der Waals surface area contributed by atoms with Gasteiger partial charge in [-0.15, -0.1) is 11.3 Å². The summed E-state index contributed by atoms with van der Waals surface area (Å²) in [6.07, 6.45) is 5.70. The van der Waals surface area contributed by atoms with Gasteiger partial charge in [0, 0.05) is 11.9 Å². The lowest BCUT2D eigenvalue weighted by atomic mass is 9.80. The number of rotatable bonds is 10. The van der Waals surface area contributed by atoms with Gasteiger partial charge in [0.05, 0.1) is 11.7 Å². The van der Waals surface area contributed by atoms with E-state index in [1.807, 2.05) is 33.1 Å². The Morgan fingerprint density at radius 3 is 2.37 bits per heavy atom. The van der Waals surface area contributed by atoms with Gasteiger partial charge in [0.1, 0.15) is 12.1 Å². The molecule has 1 aromatic heterocycles. The van der Waals surface area contributed by atoms with Gasteiger partial charge in [0.15, 0.2) is 5.13 Å². The third-order valence-electron chi connectivity index (χ3n) is 9.07. The second kappa shape index (κ2) is 10.2. The van der Waals surface area contributed by atoms with Gasteiger partial charge in [0.2, 0.25) is 17.6 Å². The van der Waals surface area contributed by atoms with E-state index in [1.54, 1.807) is 4.90 Å². The molecule has 2 saturated carbocycles. The average molecular weight is 546 g/mol. The monoisotopic (exact) mass is 545 g/mol. The quantitative estimate of drug-likeness (QED) is 0.386. The second-order valence-corrected chi connectivity index (χ2v) is 14.1. The molecule has 4 N–H and O–H groups in total. The number of hydrogen-bond acceptors (Lipinski definition) is 7. The highest BCUT2D eigenvalue weighted by molar-refractivity contribution is 7.13. The highest BCUT2D eigenvalue weighted by Gasteiger charge is 2.67. The Morgan fingerprint density at radius 1 is 1.24 bits per heavy atom. The number of anilines is 1. The van der Waals surface area contributed by atoms with Crippen molar-refractivity contribution in [2.24, 2.45) is 27.9 Å². The first-order valence-electron chi connectivity index (χ1n) is 13.8. The summed E-state index contributed by atoms with van der Waals surface area (Å²) >= 11 is 1.47. The van der Waals surface area contributed by atoms with Crippen molar-refractivity contribution in [1.29, 1.82) is 0 Å². The van der Waals surface area contributed by atoms with Crippen molar-refractivity contribution in [3.8, 4) is 0 Å². The molecule has 1 unspecified atom stereocenters. The highest BCUT2D eigenvalue weighted by Crippen LogP contribution is 2.69. The SMILES string of the molecule is CCc1csc(N[C@H](C(=O)N2C[C@]3(C[C@H]2C(=O)NC(CC2CCC2)C(=O)C(N)=O)CC3(C)C)C(C)(C)C)n1. The molecular formula is C28H43N5O4S. The molecular weight excluding hydrogens is 502 g/mol. The van der Waals surface area contributed by atoms with E-state index >= 15 is 0 Å². The molecule has 1 saturated heterocycles. The topological polar surface area (TPSA) is 134 Å². The summed E-state index contributed by atoms with van der Waals surface area (Å²) in [5, 5.41) is 8.87. The molecule has 3 amide bonds. The van der Waals surface area contributed by atoms with E-state index in [0.29, 0.717) is 30.4 Å². The maximum atomic E-state index is 14.2. The van der Waals surface area contributed by atoms with E-state index in [9.17, 15) is 19.2 Å². The van der Waals surface area contributed by atoms with Crippen molar-refractivity contribution >= 4 is 40.0 Å². The van der Waals surface area contributed by atoms with Gasteiger partial charge in [-0.05, 0) is 47.8 Å². The predicted molar refractivity (Wildman–Crippen MR) is 147 cm³/mol. The lowest BCUT2D eigenvalue weighted by molar-refractivity contribution is -0.142. The number of aromatic nitrogens is 1. The Bertz CT molecular complexity index is 1100. The van der Waals surface area contributed by atoms with Crippen LogP contribution in [0.1, 0.15) is 85.8 Å². The van der Waals surface area contributed by atoms with Crippen LogP contribution >= 0.6 is 11.3 Å². The molecule has 9 nitrogen and oxygen atoms in total. The molecule has 3 aliphatic rings. The Hall–Kier alpha value is -2.49. The summed E-state index contributed by atoms with van der Waals surface area (Å²) in [7, 11) is 0. The van der Waals surface area contributed by atoms with Gasteiger partial charge in [-0.3, -0.25) is 19.2 Å². The predicted octanol–water partition coefficient (Wildman–Crippen LogP) is 3.28. The number of nitrogens with one attached hydrogen (secondary N) is 2. The molecule has 210 valence electrons. The minimum atomic E-state index is -1.04. The van der Waals surface area contributed by atoms with Crippen LogP contribution in [0.5, 0.6) is 0 Å². The van der Waals surface area contributed by atoms with Gasteiger partial charge in [-0.2, -0.15) is 0 Å². The first-order valence-corrected chi connectivity index (χ1v) is 14.7. The molecule has 0 bridgehead atoms. The van der Waals surface area contributed by atoms with E-state index < -0.39 is 35.2 Å². The number of thiazole rings is 1. The number of carbonyl (C=O) groups is 4. The maximum absolute atomic E-state index is 14.2. The number of hydrogen-bond donors (Lipinski definition) is 3. The fourth-order valence-electron chi connectivity index (χ4n) is 6.07. The Kier molecular flexibility index (Phi) is 7.69. The number of likely N-dealkylation sites (tertiary alicyclic amines) is 1. The van der Waals surface area contributed by atoms with Crippen molar-refractivity contribution in [1.82, 2.24) is 15.2 Å². The molecule has 1 aliphatic heterocycles. The van der Waals surface area contributed by atoms with Crippen LogP contribution in [0.3, 0.4) is 0 Å². The van der Waals surface area contributed by atoms with Crippen LogP contribution in [0.15, 0.2) is 5.38 Å². The zero-order chi connectivity index (χ0) is 28.0. The van der Waals surface area contributed by atoms with Crippen LogP contribution in [-0.4, -0.2) is 58.1 Å². The van der Waals surface area contributed by atoms with Crippen molar-refractivity contribution in [3.63, 3.8) is 0 Å². The molecule has 1 spiro atoms. The molecule has 4 atom stereocenters. The van der Waals surface area contributed by atoms with Crippen LogP contribution in [0, 0.1) is 22.2 Å². The van der Waals surface area contributed by atoms with E-state index in [1.165, 1.54) is 11.3 Å². The van der Waals surface area contributed by atoms with Crippen molar-refractivity contribution in [2.75, 3.05) is 11.9 Å². The smallest absolute Gasteiger partial charge is 0.287 e. The fraction of sp³-hybridized carbons (Fsp3) is 0.750. The lowest BCUT2D eigenvalue weighted by Gasteiger charge is -2.36. The molecule has 10 heteroatoms. The van der Waals surface area contributed by atoms with Crippen molar-refractivity contribution in [2.45, 2.75) is 105 Å². The summed E-state index contributed by atoms with van der Waals surface area (Å²) in [5.74, 6) is -2.05. The third kappa shape index (κ3) is 5.60. The number of ketones is 1. The highest BCUT2D eigenvalue weighted by atomic mass is 32.1. The number of carbonyl (C=O) groups excluding carboxylic acids is 4. The van der Waals surface area contributed by atoms with Gasteiger partial charge in [-0.1, -0.05) is 60.8 Å². The summed E-state index contributed by atoms with van der Waals surface area (Å²) < 4.78 is 0. The summed E-state index contributed by atoms with van der Waals surface area (Å²) in [6, 6.07) is -2.27. The second-order valence-electron chi connectivity index (χ2n) is 13.3. The molecule has 3 fully saturated rings. The van der Waals surface area contributed by atoms with Gasteiger partial charge < -0.3 is 21.3 Å². The molecule has 1 aromatic rings. The lowest BCUT2D eigenvalue weighted by Crippen LogP contribution is -2.56. The van der Waals surface area contributed by atoms with Crippen LogP contribution in [-0.2, 0) is 25.6 Å². The normalized spacial score (nSPS) is 25.9. The summed E-state index contributed by atoms with van der Waals surface area (Å²) in [4.78, 5) is 58.6. The number of amides is 3. The minimum Gasteiger partial charge on any atom is -0.363 e. The summed E-state index contributed by atoms with van der Waals surface area (Å²) in [6.45, 7) is 12.9. The van der Waals surface area contributed by atoms with E-state index in [4.69, 9.17) is 5.73 Å². The Morgan fingerprint density at radius 2 is 1.89 bits per heavy atom. The number of nitrogens with two attached hydrogens (primary N) is 1. The first-order chi connectivity index (χ1) is 17.7. The van der Waals surface area contributed by atoms with Crippen LogP contribution in [0.2, 0.25) is 0 Å². The zero-order valence-electron chi connectivity index (χ0n) is 23.6. The maximum Gasteiger partial charge on any atom is 0.287 e. The third-order valence-corrected chi connectivity index (χ3v) is 9.90. The molecule has 2 heterocycles. The molecule has 4 rings (SSSR count). The van der Waals surface area contributed by atoms with E-state index in [0.717, 1.165) is 37.8 Å². The Balaban J connectivity index is 1.58. The molecule has 0 radical (unpaired) electrons. The fourth-order valence-corrected chi connectivity index (χ4v) is 6.90. The number of primary amides is 1. The molecule has 2 aliphatic carbocycles. The van der Waals surface area contributed by atoms with Crippen LogP contribution in [0.4, 0.5) is 5.13 Å². The van der Waals surface area contributed by atoms with Gasteiger partial charge in [0.25, 0.3) is 5.91 Å². The standard InChI is InChI=1S/C28H43N5O4S/c1-7-17-13-38-25(30-17)32-21(26(2,3)4)24(37)33-15-28(14-27(28,5)6)12-19(33)23(36)31-18(20(34)22(29)35)11-16-9-8-10-16/h13,16,18-19,21H,7-12,14-15H2,1-6H3,(H2,29,35)(H,30,32)(H,31,36)/t18?,19-,21+,28-/m0/s1. The van der Waals surface area contributed by atoms with Crippen LogP contribution < -0.4 is 16.4 Å².